The maximum absolute atomic E-state index is 12.5. The van der Waals surface area contributed by atoms with Crippen LogP contribution in [0.1, 0.15) is 27.2 Å². The van der Waals surface area contributed by atoms with Crippen molar-refractivity contribution in [3.8, 4) is 0 Å². The fraction of sp³-hybridized carbons (Fsp3) is 0.200. The Morgan fingerprint density at radius 1 is 1.25 bits per heavy atom. The molecule has 2 aromatic heterocycles. The van der Waals surface area contributed by atoms with E-state index in [9.17, 15) is 4.79 Å². The molecule has 0 unspecified atom stereocenters. The molecule has 0 spiro atoms. The molecular formula is C15H14ClN5OS2. The largest absolute Gasteiger partial charge is 0.379 e. The van der Waals surface area contributed by atoms with Crippen molar-refractivity contribution in [2.45, 2.75) is 19.9 Å². The van der Waals surface area contributed by atoms with Gasteiger partial charge in [0.05, 0.1) is 12.1 Å². The summed E-state index contributed by atoms with van der Waals surface area (Å²) in [5.74, 6) is -0.223. The molecule has 0 fully saturated rings. The molecule has 0 radical (unpaired) electrons. The molecule has 1 aromatic carbocycles. The minimum Gasteiger partial charge on any atom is -0.379 e. The Bertz CT molecular complexity index is 848. The molecule has 24 heavy (non-hydrogen) atoms. The summed E-state index contributed by atoms with van der Waals surface area (Å²) in [6, 6.07) is 7.31. The fourth-order valence-corrected chi connectivity index (χ4v) is 3.59. The Labute approximate surface area is 151 Å². The summed E-state index contributed by atoms with van der Waals surface area (Å²) in [6.07, 6.45) is 2.51. The number of carbonyl (C=O) groups is 1. The van der Waals surface area contributed by atoms with Crippen LogP contribution in [0.3, 0.4) is 0 Å². The number of carbonyl (C=O) groups excluding carboxylic acids is 1. The number of nitrogens with zero attached hydrogens (tertiary/aromatic N) is 3. The van der Waals surface area contributed by atoms with Crippen LogP contribution >= 0.6 is 34.3 Å². The number of anilines is 2. The van der Waals surface area contributed by atoms with Gasteiger partial charge < -0.3 is 5.32 Å². The predicted octanol–water partition coefficient (Wildman–Crippen LogP) is 4.07. The average Bonchev–Trinajstić information content (AvgIpc) is 3.22. The molecule has 0 saturated heterocycles. The van der Waals surface area contributed by atoms with E-state index in [1.54, 1.807) is 12.3 Å². The number of aromatic nitrogens is 3. The first kappa shape index (κ1) is 16.8. The third-order valence-electron chi connectivity index (χ3n) is 3.14. The van der Waals surface area contributed by atoms with Gasteiger partial charge in [0, 0.05) is 16.8 Å². The lowest BCUT2D eigenvalue weighted by molar-refractivity contribution is 0.102. The molecule has 3 rings (SSSR count). The van der Waals surface area contributed by atoms with Gasteiger partial charge in [0.1, 0.15) is 5.01 Å². The van der Waals surface area contributed by atoms with Crippen molar-refractivity contribution in [3.05, 3.63) is 50.4 Å². The Balaban J connectivity index is 1.71. The van der Waals surface area contributed by atoms with Gasteiger partial charge in [-0.3, -0.25) is 10.1 Å². The number of aryl methyl sites for hydroxylation is 1. The highest BCUT2D eigenvalue weighted by Gasteiger charge is 2.13. The summed E-state index contributed by atoms with van der Waals surface area (Å²) in [7, 11) is 0. The molecule has 124 valence electrons. The Morgan fingerprint density at radius 2 is 2.08 bits per heavy atom. The number of para-hydroxylation sites is 1. The molecule has 0 aliphatic carbocycles. The van der Waals surface area contributed by atoms with Crippen LogP contribution in [-0.4, -0.2) is 21.1 Å². The standard InChI is InChI=1S/C15H14ClN5OS2/c1-2-12-20-21-15(24-12)19-13(22)10-5-3-4-6-11(10)17-7-9-8-18-14(16)23-9/h3-6,8,17H,2,7H2,1H3,(H,19,21,22). The van der Waals surface area contributed by atoms with Gasteiger partial charge in [-0.25, -0.2) is 4.98 Å². The zero-order valence-corrected chi connectivity index (χ0v) is 15.1. The van der Waals surface area contributed by atoms with Crippen LogP contribution in [0.15, 0.2) is 30.5 Å². The molecule has 0 atom stereocenters. The van der Waals surface area contributed by atoms with Gasteiger partial charge in [0.2, 0.25) is 5.13 Å². The molecule has 0 aliphatic rings. The Kier molecular flexibility index (Phi) is 5.39. The summed E-state index contributed by atoms with van der Waals surface area (Å²) in [5.41, 5.74) is 1.28. The molecule has 0 aliphatic heterocycles. The molecule has 0 bridgehead atoms. The SMILES string of the molecule is CCc1nnc(NC(=O)c2ccccc2NCc2cnc(Cl)s2)s1. The predicted molar refractivity (Wildman–Crippen MR) is 98.1 cm³/mol. The van der Waals surface area contributed by atoms with E-state index in [0.29, 0.717) is 21.7 Å². The third kappa shape index (κ3) is 4.08. The van der Waals surface area contributed by atoms with Crippen LogP contribution in [0.5, 0.6) is 0 Å². The lowest BCUT2D eigenvalue weighted by atomic mass is 10.1. The van der Waals surface area contributed by atoms with Crippen molar-refractivity contribution in [1.82, 2.24) is 15.2 Å². The highest BCUT2D eigenvalue weighted by Crippen LogP contribution is 2.22. The summed E-state index contributed by atoms with van der Waals surface area (Å²) in [6.45, 7) is 2.55. The lowest BCUT2D eigenvalue weighted by Crippen LogP contribution is -2.14. The fourth-order valence-electron chi connectivity index (χ4n) is 1.99. The molecular weight excluding hydrogens is 366 g/mol. The summed E-state index contributed by atoms with van der Waals surface area (Å²) in [4.78, 5) is 17.5. The van der Waals surface area contributed by atoms with Crippen molar-refractivity contribution in [2.75, 3.05) is 10.6 Å². The number of hydrogen-bond donors (Lipinski definition) is 2. The van der Waals surface area contributed by atoms with Crippen LogP contribution in [0.25, 0.3) is 0 Å². The first-order valence-electron chi connectivity index (χ1n) is 7.22. The first-order chi connectivity index (χ1) is 11.7. The van der Waals surface area contributed by atoms with Crippen molar-refractivity contribution < 1.29 is 4.79 Å². The van der Waals surface area contributed by atoms with Crippen LogP contribution in [0.2, 0.25) is 4.47 Å². The molecule has 9 heteroatoms. The Hall–Kier alpha value is -2.03. The van der Waals surface area contributed by atoms with E-state index in [4.69, 9.17) is 11.6 Å². The summed E-state index contributed by atoms with van der Waals surface area (Å²) >= 11 is 8.61. The van der Waals surface area contributed by atoms with E-state index in [1.807, 2.05) is 25.1 Å². The average molecular weight is 380 g/mol. The van der Waals surface area contributed by atoms with Crippen LogP contribution in [-0.2, 0) is 13.0 Å². The van der Waals surface area contributed by atoms with Crippen LogP contribution in [0.4, 0.5) is 10.8 Å². The van der Waals surface area contributed by atoms with Gasteiger partial charge in [-0.2, -0.15) is 0 Å². The lowest BCUT2D eigenvalue weighted by Gasteiger charge is -2.10. The topological polar surface area (TPSA) is 79.8 Å². The summed E-state index contributed by atoms with van der Waals surface area (Å²) < 4.78 is 0.501. The second-order valence-electron chi connectivity index (χ2n) is 4.79. The molecule has 2 heterocycles. The van der Waals surface area contributed by atoms with Crippen molar-refractivity contribution in [1.29, 1.82) is 0 Å². The van der Waals surface area contributed by atoms with E-state index >= 15 is 0 Å². The van der Waals surface area contributed by atoms with Gasteiger partial charge in [0.25, 0.3) is 5.91 Å². The number of hydrogen-bond acceptors (Lipinski definition) is 7. The number of thiazole rings is 1. The third-order valence-corrected chi connectivity index (χ3v) is 5.24. The Morgan fingerprint density at radius 3 is 2.79 bits per heavy atom. The number of benzene rings is 1. The quantitative estimate of drug-likeness (QED) is 0.674. The van der Waals surface area contributed by atoms with Crippen molar-refractivity contribution >= 4 is 51.0 Å². The van der Waals surface area contributed by atoms with E-state index in [0.717, 1.165) is 22.0 Å². The zero-order valence-electron chi connectivity index (χ0n) is 12.7. The van der Waals surface area contributed by atoms with Gasteiger partial charge in [0.15, 0.2) is 4.47 Å². The molecule has 3 aromatic rings. The van der Waals surface area contributed by atoms with Gasteiger partial charge in [-0.15, -0.1) is 21.5 Å². The minimum absolute atomic E-state index is 0.223. The zero-order chi connectivity index (χ0) is 16.9. The van der Waals surface area contributed by atoms with Crippen molar-refractivity contribution in [2.24, 2.45) is 0 Å². The van der Waals surface area contributed by atoms with E-state index in [-0.39, 0.29) is 5.91 Å². The van der Waals surface area contributed by atoms with Crippen LogP contribution in [0, 0.1) is 0 Å². The van der Waals surface area contributed by atoms with Crippen molar-refractivity contribution in [3.63, 3.8) is 0 Å². The highest BCUT2D eigenvalue weighted by atomic mass is 35.5. The molecule has 6 nitrogen and oxygen atoms in total. The summed E-state index contributed by atoms with van der Waals surface area (Å²) in [5, 5.41) is 15.4. The van der Waals surface area contributed by atoms with Gasteiger partial charge in [-0.05, 0) is 18.6 Å². The minimum atomic E-state index is -0.223. The van der Waals surface area contributed by atoms with E-state index < -0.39 is 0 Å². The monoisotopic (exact) mass is 379 g/mol. The first-order valence-corrected chi connectivity index (χ1v) is 9.23. The van der Waals surface area contributed by atoms with Gasteiger partial charge >= 0.3 is 0 Å². The molecule has 0 saturated carbocycles. The smallest absolute Gasteiger partial charge is 0.259 e. The number of halogens is 1. The maximum Gasteiger partial charge on any atom is 0.259 e. The maximum atomic E-state index is 12.5. The normalized spacial score (nSPS) is 10.6. The molecule has 1 amide bonds. The highest BCUT2D eigenvalue weighted by molar-refractivity contribution is 7.15. The second-order valence-corrected chi connectivity index (χ2v) is 7.55. The number of amides is 1. The van der Waals surface area contributed by atoms with E-state index in [1.165, 1.54) is 22.7 Å². The van der Waals surface area contributed by atoms with Gasteiger partial charge in [-0.1, -0.05) is 42.0 Å². The number of rotatable bonds is 6. The second kappa shape index (κ2) is 7.69. The number of nitrogens with one attached hydrogen (secondary N) is 2. The van der Waals surface area contributed by atoms with E-state index in [2.05, 4.69) is 25.8 Å². The molecule has 2 N–H and O–H groups in total. The van der Waals surface area contributed by atoms with Crippen LogP contribution < -0.4 is 10.6 Å².